The molecule has 2 N–H and O–H groups in total. The number of nitrogens with one attached hydrogen (secondary N) is 2. The van der Waals surface area contributed by atoms with Gasteiger partial charge < -0.3 is 10.1 Å². The molecule has 0 aliphatic carbocycles. The summed E-state index contributed by atoms with van der Waals surface area (Å²) in [7, 11) is 1.60. The molecular weight excluding hydrogens is 338 g/mol. The number of hydrogen-bond donors (Lipinski definition) is 2. The molecule has 2 rings (SSSR count). The number of thioether (sulfide) groups is 1. The van der Waals surface area contributed by atoms with Crippen molar-refractivity contribution in [2.45, 2.75) is 18.1 Å². The number of anilines is 1. The second-order valence-corrected chi connectivity index (χ2v) is 6.28. The molecule has 122 valence electrons. The molecule has 2 aromatic heterocycles. The normalized spacial score (nSPS) is 10.4. The molecule has 0 bridgehead atoms. The van der Waals surface area contributed by atoms with E-state index in [4.69, 9.17) is 10.00 Å². The van der Waals surface area contributed by atoms with Crippen molar-refractivity contribution < 1.29 is 9.53 Å². The van der Waals surface area contributed by atoms with Gasteiger partial charge in [0, 0.05) is 20.3 Å². The number of carbonyl (C=O) groups is 1. The maximum Gasteiger partial charge on any atom is 0.343 e. The number of rotatable bonds is 8. The highest BCUT2D eigenvalue weighted by molar-refractivity contribution is 7.99. The smallest absolute Gasteiger partial charge is 0.343 e. The summed E-state index contributed by atoms with van der Waals surface area (Å²) in [5, 5.41) is 20.6. The van der Waals surface area contributed by atoms with E-state index in [1.807, 2.05) is 6.07 Å². The van der Waals surface area contributed by atoms with Crippen molar-refractivity contribution in [2.24, 2.45) is 0 Å². The van der Waals surface area contributed by atoms with Crippen LogP contribution in [0, 0.1) is 11.3 Å². The van der Waals surface area contributed by atoms with Crippen molar-refractivity contribution in [1.82, 2.24) is 14.8 Å². The van der Waals surface area contributed by atoms with Crippen LogP contribution in [0.1, 0.15) is 12.0 Å². The van der Waals surface area contributed by atoms with Crippen LogP contribution >= 0.6 is 23.1 Å². The number of aromatic nitrogens is 3. The quantitative estimate of drug-likeness (QED) is 0.546. The summed E-state index contributed by atoms with van der Waals surface area (Å²) < 4.78 is 6.43. The van der Waals surface area contributed by atoms with Crippen molar-refractivity contribution in [2.75, 3.05) is 24.8 Å². The number of methoxy groups -OCH3 is 1. The number of aromatic amines is 1. The molecule has 0 fully saturated rings. The fourth-order valence-electron chi connectivity index (χ4n) is 1.76. The number of amides is 1. The number of carbonyl (C=O) groups excluding carboxylic acids is 1. The Bertz CT molecular complexity index is 758. The van der Waals surface area contributed by atoms with Crippen molar-refractivity contribution in [3.05, 3.63) is 27.5 Å². The maximum absolute atomic E-state index is 12.0. The van der Waals surface area contributed by atoms with E-state index >= 15 is 0 Å². The molecule has 0 spiro atoms. The highest BCUT2D eigenvalue weighted by atomic mass is 32.2. The van der Waals surface area contributed by atoms with Crippen LogP contribution in [0.15, 0.2) is 21.4 Å². The Balaban J connectivity index is 1.92. The standard InChI is InChI=1S/C13H15N5O3S2/c1-21-5-2-4-18-12(20)16-17-13(18)23-8-10(19)15-11-9(7-14)3-6-22-11/h3,6H,2,4-5,8H2,1H3,(H,15,19)(H,16,20). The number of H-pyrrole nitrogens is 1. The monoisotopic (exact) mass is 353 g/mol. The molecule has 2 heterocycles. The lowest BCUT2D eigenvalue weighted by Gasteiger charge is -2.05. The summed E-state index contributed by atoms with van der Waals surface area (Å²) in [5.41, 5.74) is 0.124. The summed E-state index contributed by atoms with van der Waals surface area (Å²) in [6.45, 7) is 1.01. The first-order chi connectivity index (χ1) is 11.2. The molecule has 0 unspecified atom stereocenters. The number of ether oxygens (including phenoxy) is 1. The fourth-order valence-corrected chi connectivity index (χ4v) is 3.29. The lowest BCUT2D eigenvalue weighted by atomic mass is 10.3. The molecule has 1 amide bonds. The fraction of sp³-hybridized carbons (Fsp3) is 0.385. The average Bonchev–Trinajstić information content (AvgIpc) is 3.13. The van der Waals surface area contributed by atoms with Crippen LogP contribution in [0.3, 0.4) is 0 Å². The van der Waals surface area contributed by atoms with Crippen LogP contribution in [0.25, 0.3) is 0 Å². The van der Waals surface area contributed by atoms with E-state index in [9.17, 15) is 9.59 Å². The van der Waals surface area contributed by atoms with E-state index in [0.717, 1.165) is 11.8 Å². The van der Waals surface area contributed by atoms with Gasteiger partial charge in [-0.1, -0.05) is 11.8 Å². The second-order valence-electron chi connectivity index (χ2n) is 4.42. The summed E-state index contributed by atoms with van der Waals surface area (Å²) in [6, 6.07) is 3.66. The number of thiophene rings is 1. The van der Waals surface area contributed by atoms with E-state index in [1.165, 1.54) is 15.9 Å². The van der Waals surface area contributed by atoms with Crippen molar-refractivity contribution in [1.29, 1.82) is 5.26 Å². The van der Waals surface area contributed by atoms with Crippen LogP contribution in [0.2, 0.25) is 0 Å². The van der Waals surface area contributed by atoms with Gasteiger partial charge >= 0.3 is 5.69 Å². The molecule has 0 radical (unpaired) electrons. The lowest BCUT2D eigenvalue weighted by molar-refractivity contribution is -0.113. The molecule has 0 atom stereocenters. The molecule has 0 saturated heterocycles. The first kappa shape index (κ1) is 17.3. The van der Waals surface area contributed by atoms with E-state index in [-0.39, 0.29) is 17.3 Å². The second kappa shape index (κ2) is 8.52. The van der Waals surface area contributed by atoms with Crippen molar-refractivity contribution >= 4 is 34.0 Å². The molecule has 0 aliphatic heterocycles. The summed E-state index contributed by atoms with van der Waals surface area (Å²) >= 11 is 2.45. The zero-order valence-corrected chi connectivity index (χ0v) is 14.0. The van der Waals surface area contributed by atoms with Gasteiger partial charge in [0.15, 0.2) is 5.16 Å². The largest absolute Gasteiger partial charge is 0.385 e. The summed E-state index contributed by atoms with van der Waals surface area (Å²) in [4.78, 5) is 23.6. The van der Waals surface area contributed by atoms with Gasteiger partial charge in [0.2, 0.25) is 5.91 Å². The first-order valence-electron chi connectivity index (χ1n) is 6.70. The molecular formula is C13H15N5O3S2. The molecule has 0 saturated carbocycles. The molecule has 0 aliphatic rings. The van der Waals surface area contributed by atoms with Gasteiger partial charge in [-0.15, -0.1) is 16.4 Å². The SMILES string of the molecule is COCCCn1c(SCC(=O)Nc2sccc2C#N)n[nH]c1=O. The minimum absolute atomic E-state index is 0.0946. The predicted octanol–water partition coefficient (Wildman–Crippen LogP) is 1.27. The van der Waals surface area contributed by atoms with E-state index in [0.29, 0.717) is 35.3 Å². The first-order valence-corrected chi connectivity index (χ1v) is 8.56. The number of nitriles is 1. The van der Waals surface area contributed by atoms with Gasteiger partial charge in [-0.2, -0.15) is 5.26 Å². The Hall–Kier alpha value is -2.09. The predicted molar refractivity (Wildman–Crippen MR) is 87.7 cm³/mol. The minimum atomic E-state index is -0.311. The Labute approximate surface area is 140 Å². The third-order valence-corrected chi connectivity index (χ3v) is 4.63. The summed E-state index contributed by atoms with van der Waals surface area (Å²) in [5.74, 6) is -0.162. The van der Waals surface area contributed by atoms with Gasteiger partial charge in [-0.25, -0.2) is 9.89 Å². The van der Waals surface area contributed by atoms with Gasteiger partial charge in [0.1, 0.15) is 11.1 Å². The average molecular weight is 353 g/mol. The molecule has 23 heavy (non-hydrogen) atoms. The van der Waals surface area contributed by atoms with Crippen LogP contribution < -0.4 is 11.0 Å². The minimum Gasteiger partial charge on any atom is -0.385 e. The highest BCUT2D eigenvalue weighted by Gasteiger charge is 2.13. The lowest BCUT2D eigenvalue weighted by Crippen LogP contribution is -2.19. The van der Waals surface area contributed by atoms with Crippen molar-refractivity contribution in [3.63, 3.8) is 0 Å². The van der Waals surface area contributed by atoms with E-state index < -0.39 is 0 Å². The van der Waals surface area contributed by atoms with E-state index in [2.05, 4.69) is 15.5 Å². The van der Waals surface area contributed by atoms with Gasteiger partial charge in [0.25, 0.3) is 0 Å². The van der Waals surface area contributed by atoms with E-state index in [1.54, 1.807) is 18.6 Å². The van der Waals surface area contributed by atoms with Gasteiger partial charge in [-0.3, -0.25) is 9.36 Å². The van der Waals surface area contributed by atoms with Gasteiger partial charge in [-0.05, 0) is 17.9 Å². The van der Waals surface area contributed by atoms with Gasteiger partial charge in [0.05, 0.1) is 11.3 Å². The summed E-state index contributed by atoms with van der Waals surface area (Å²) in [6.07, 6.45) is 0.677. The Kier molecular flexibility index (Phi) is 6.40. The topological polar surface area (TPSA) is 113 Å². The van der Waals surface area contributed by atoms with Crippen molar-refractivity contribution in [3.8, 4) is 6.07 Å². The zero-order chi connectivity index (χ0) is 16.7. The molecule has 10 heteroatoms. The maximum atomic E-state index is 12.0. The number of hydrogen-bond acceptors (Lipinski definition) is 7. The van der Waals surface area contributed by atoms with Crippen LogP contribution in [0.4, 0.5) is 5.00 Å². The Morgan fingerprint density at radius 3 is 3.22 bits per heavy atom. The Morgan fingerprint density at radius 1 is 1.65 bits per heavy atom. The highest BCUT2D eigenvalue weighted by Crippen LogP contribution is 2.22. The van der Waals surface area contributed by atoms with Crippen LogP contribution in [-0.4, -0.2) is 40.1 Å². The molecule has 2 aromatic rings. The zero-order valence-electron chi connectivity index (χ0n) is 12.4. The third-order valence-electron chi connectivity index (χ3n) is 2.82. The van der Waals surface area contributed by atoms with Crippen LogP contribution in [0.5, 0.6) is 0 Å². The molecule has 8 nitrogen and oxygen atoms in total. The Morgan fingerprint density at radius 2 is 2.48 bits per heavy atom. The van der Waals surface area contributed by atoms with Crippen LogP contribution in [-0.2, 0) is 16.1 Å². The third kappa shape index (κ3) is 4.69. The molecule has 0 aromatic carbocycles. The number of nitrogens with zero attached hydrogens (tertiary/aromatic N) is 3.